The van der Waals surface area contributed by atoms with Crippen LogP contribution in [0.1, 0.15) is 16.7 Å². The predicted octanol–water partition coefficient (Wildman–Crippen LogP) is 5.69. The van der Waals surface area contributed by atoms with Crippen molar-refractivity contribution in [3.8, 4) is 11.5 Å². The van der Waals surface area contributed by atoms with Crippen LogP contribution in [0.15, 0.2) is 83.8 Å². The Morgan fingerprint density at radius 2 is 1.77 bits per heavy atom. The molecule has 0 atom stereocenters. The molecule has 0 unspecified atom stereocenters. The quantitative estimate of drug-likeness (QED) is 0.451. The number of carbonyl (C=O) groups is 1. The van der Waals surface area contributed by atoms with Crippen molar-refractivity contribution in [1.82, 2.24) is 0 Å². The highest BCUT2D eigenvalue weighted by atomic mass is 32.2. The maximum absolute atomic E-state index is 10.7. The van der Waals surface area contributed by atoms with Crippen molar-refractivity contribution in [3.63, 3.8) is 0 Å². The van der Waals surface area contributed by atoms with Gasteiger partial charge in [-0.05, 0) is 59.5 Å². The largest absolute Gasteiger partial charge is 0.497 e. The molecule has 0 aliphatic carbocycles. The van der Waals surface area contributed by atoms with Gasteiger partial charge in [-0.1, -0.05) is 48.5 Å². The first-order valence-corrected chi connectivity index (χ1v) is 10.5. The second-order valence-electron chi connectivity index (χ2n) is 6.64. The topological polar surface area (TPSA) is 55.8 Å². The zero-order chi connectivity index (χ0) is 21.3. The van der Waals surface area contributed by atoms with Gasteiger partial charge in [0.1, 0.15) is 11.5 Å². The molecule has 4 nitrogen and oxygen atoms in total. The average molecular weight is 421 g/mol. The van der Waals surface area contributed by atoms with Gasteiger partial charge >= 0.3 is 5.97 Å². The van der Waals surface area contributed by atoms with Crippen LogP contribution in [0.25, 0.3) is 5.57 Å². The van der Waals surface area contributed by atoms with Crippen LogP contribution in [0.3, 0.4) is 0 Å². The number of aliphatic carboxylic acids is 1. The van der Waals surface area contributed by atoms with Gasteiger partial charge in [0.25, 0.3) is 0 Å². The van der Waals surface area contributed by atoms with Crippen LogP contribution in [0.5, 0.6) is 11.5 Å². The fourth-order valence-corrected chi connectivity index (χ4v) is 3.91. The number of rotatable bonds is 9. The van der Waals surface area contributed by atoms with E-state index >= 15 is 0 Å². The van der Waals surface area contributed by atoms with Crippen LogP contribution in [-0.4, -0.2) is 30.5 Å². The molecule has 0 amide bonds. The second-order valence-corrected chi connectivity index (χ2v) is 7.73. The van der Waals surface area contributed by atoms with Crippen LogP contribution >= 0.6 is 11.8 Å². The molecule has 0 saturated carbocycles. The lowest BCUT2D eigenvalue weighted by molar-refractivity contribution is -0.139. The van der Waals surface area contributed by atoms with Gasteiger partial charge in [-0.3, -0.25) is 0 Å². The summed E-state index contributed by atoms with van der Waals surface area (Å²) in [5.41, 5.74) is 4.33. The molecule has 154 valence electrons. The van der Waals surface area contributed by atoms with E-state index in [1.165, 1.54) is 0 Å². The summed E-state index contributed by atoms with van der Waals surface area (Å²) in [5.74, 6) is 1.23. The lowest BCUT2D eigenvalue weighted by Gasteiger charge is -2.11. The number of carboxylic acids is 1. The Morgan fingerprint density at radius 1 is 1.00 bits per heavy atom. The zero-order valence-corrected chi connectivity index (χ0v) is 17.8. The van der Waals surface area contributed by atoms with E-state index in [0.717, 1.165) is 38.7 Å². The summed E-state index contributed by atoms with van der Waals surface area (Å²) >= 11 is 1.72. The van der Waals surface area contributed by atoms with E-state index in [4.69, 9.17) is 14.6 Å². The molecule has 30 heavy (non-hydrogen) atoms. The molecular weight excluding hydrogens is 396 g/mol. The van der Waals surface area contributed by atoms with Crippen molar-refractivity contribution in [2.75, 3.05) is 19.5 Å². The van der Waals surface area contributed by atoms with E-state index in [1.807, 2.05) is 61.5 Å². The molecule has 3 rings (SSSR count). The predicted molar refractivity (Wildman–Crippen MR) is 122 cm³/mol. The van der Waals surface area contributed by atoms with Crippen LogP contribution in [0.4, 0.5) is 0 Å². The number of thioether (sulfide) groups is 1. The third-order valence-electron chi connectivity index (χ3n) is 4.50. The minimum atomic E-state index is -0.982. The molecular formula is C25H24O4S. The minimum absolute atomic E-state index is 0.336. The Labute approximate surface area is 181 Å². The van der Waals surface area contributed by atoms with E-state index in [0.29, 0.717) is 5.75 Å². The fourth-order valence-electron chi connectivity index (χ4n) is 3.05. The van der Waals surface area contributed by atoms with Crippen LogP contribution in [0.2, 0.25) is 0 Å². The Morgan fingerprint density at radius 3 is 2.47 bits per heavy atom. The van der Waals surface area contributed by atoms with Gasteiger partial charge in [0.15, 0.2) is 6.61 Å². The Kier molecular flexibility index (Phi) is 7.57. The van der Waals surface area contributed by atoms with Gasteiger partial charge in [0.05, 0.1) is 7.11 Å². The summed E-state index contributed by atoms with van der Waals surface area (Å²) in [6.07, 6.45) is 2.22. The number of methoxy groups -OCH3 is 1. The van der Waals surface area contributed by atoms with Gasteiger partial charge in [0.2, 0.25) is 0 Å². The number of hydrogen-bond acceptors (Lipinski definition) is 4. The Hall–Kier alpha value is -3.18. The van der Waals surface area contributed by atoms with Crippen LogP contribution < -0.4 is 9.47 Å². The molecule has 0 spiro atoms. The lowest BCUT2D eigenvalue weighted by atomic mass is 9.98. The van der Waals surface area contributed by atoms with Crippen LogP contribution in [0, 0.1) is 6.92 Å². The molecule has 3 aromatic rings. The van der Waals surface area contributed by atoms with E-state index in [9.17, 15) is 4.79 Å². The smallest absolute Gasteiger partial charge is 0.341 e. The van der Waals surface area contributed by atoms with Crippen LogP contribution in [-0.2, 0) is 4.79 Å². The molecule has 0 saturated heterocycles. The monoisotopic (exact) mass is 420 g/mol. The van der Waals surface area contributed by atoms with E-state index in [-0.39, 0.29) is 6.61 Å². The number of aryl methyl sites for hydroxylation is 1. The molecule has 3 aromatic carbocycles. The third kappa shape index (κ3) is 5.91. The van der Waals surface area contributed by atoms with Gasteiger partial charge in [0, 0.05) is 10.6 Å². The first-order valence-electron chi connectivity index (χ1n) is 9.55. The average Bonchev–Trinajstić information content (AvgIpc) is 2.76. The number of carboxylic acid groups (broad SMARTS) is 1. The molecule has 5 heteroatoms. The third-order valence-corrected chi connectivity index (χ3v) is 5.42. The molecule has 0 fully saturated rings. The highest BCUT2D eigenvalue weighted by Gasteiger charge is 2.07. The van der Waals surface area contributed by atoms with Crippen molar-refractivity contribution >= 4 is 23.3 Å². The number of ether oxygens (including phenoxy) is 2. The molecule has 0 aliphatic rings. The summed E-state index contributed by atoms with van der Waals surface area (Å²) < 4.78 is 10.7. The van der Waals surface area contributed by atoms with Gasteiger partial charge in [-0.2, -0.15) is 0 Å². The van der Waals surface area contributed by atoms with Gasteiger partial charge in [-0.15, -0.1) is 11.8 Å². The Balaban J connectivity index is 1.78. The van der Waals surface area contributed by atoms with Gasteiger partial charge in [-0.25, -0.2) is 4.79 Å². The normalized spacial score (nSPS) is 11.2. The SMILES string of the molecule is COc1cccc(/C(=C\CSc2ccc(OCC(=O)O)c(C)c2)c2ccccc2)c1. The first kappa shape index (κ1) is 21.5. The molecule has 0 aromatic heterocycles. The molecule has 0 radical (unpaired) electrons. The highest BCUT2D eigenvalue weighted by molar-refractivity contribution is 7.99. The Bertz CT molecular complexity index is 1030. The fraction of sp³-hybridized carbons (Fsp3) is 0.160. The summed E-state index contributed by atoms with van der Waals surface area (Å²) in [5, 5.41) is 8.77. The van der Waals surface area contributed by atoms with Crippen molar-refractivity contribution < 1.29 is 19.4 Å². The minimum Gasteiger partial charge on any atom is -0.497 e. The van der Waals surface area contributed by atoms with E-state index in [2.05, 4.69) is 24.3 Å². The van der Waals surface area contributed by atoms with Gasteiger partial charge < -0.3 is 14.6 Å². The standard InChI is InChI=1S/C25H24O4S/c1-18-15-22(11-12-24(18)29-17-25(26)27)30-14-13-23(19-7-4-3-5-8-19)20-9-6-10-21(16-20)28-2/h3-13,15-16H,14,17H2,1-2H3,(H,26,27)/b23-13-. The zero-order valence-electron chi connectivity index (χ0n) is 17.0. The summed E-state index contributed by atoms with van der Waals surface area (Å²) in [4.78, 5) is 11.8. The summed E-state index contributed by atoms with van der Waals surface area (Å²) in [6.45, 7) is 1.58. The highest BCUT2D eigenvalue weighted by Crippen LogP contribution is 2.29. The molecule has 0 aliphatic heterocycles. The molecule has 0 bridgehead atoms. The summed E-state index contributed by atoms with van der Waals surface area (Å²) in [7, 11) is 1.67. The van der Waals surface area contributed by atoms with Crippen molar-refractivity contribution in [3.05, 3.63) is 95.6 Å². The maximum atomic E-state index is 10.7. The maximum Gasteiger partial charge on any atom is 0.341 e. The van der Waals surface area contributed by atoms with E-state index < -0.39 is 5.97 Å². The van der Waals surface area contributed by atoms with Crippen molar-refractivity contribution in [1.29, 1.82) is 0 Å². The number of benzene rings is 3. The first-order chi connectivity index (χ1) is 14.6. The second kappa shape index (κ2) is 10.6. The van der Waals surface area contributed by atoms with E-state index in [1.54, 1.807) is 18.9 Å². The number of hydrogen-bond donors (Lipinski definition) is 1. The summed E-state index contributed by atoms with van der Waals surface area (Å²) in [6, 6.07) is 24.2. The lowest BCUT2D eigenvalue weighted by Crippen LogP contribution is -2.09. The molecule has 0 heterocycles. The van der Waals surface area contributed by atoms with Crippen molar-refractivity contribution in [2.45, 2.75) is 11.8 Å². The van der Waals surface area contributed by atoms with Crippen molar-refractivity contribution in [2.24, 2.45) is 0 Å². The molecule has 1 N–H and O–H groups in total.